The molecule has 0 aliphatic carbocycles. The maximum Gasteiger partial charge on any atom is 0.256 e. The highest BCUT2D eigenvalue weighted by Gasteiger charge is 2.15. The van der Waals surface area contributed by atoms with Crippen molar-refractivity contribution in [3.05, 3.63) is 84.6 Å². The first kappa shape index (κ1) is 21.1. The zero-order valence-corrected chi connectivity index (χ0v) is 15.9. The second-order valence-corrected chi connectivity index (χ2v) is 7.87. The number of aromatic nitrogens is 2. The van der Waals surface area contributed by atoms with Crippen LogP contribution in [0, 0.1) is 0 Å². The maximum atomic E-state index is 13.0. The molecule has 0 spiro atoms. The normalized spacial score (nSPS) is 11.0. The zero-order chi connectivity index (χ0) is 20.4. The Kier molecular flexibility index (Phi) is 5.91. The Bertz CT molecular complexity index is 1310. The Morgan fingerprint density at radius 3 is 2.27 bits per heavy atom. The molecule has 0 saturated carbocycles. The van der Waals surface area contributed by atoms with Crippen molar-refractivity contribution < 1.29 is 13.2 Å². The molecule has 3 N–H and O–H groups in total. The number of fused-ring (bicyclic) bond motifs is 1. The Hall–Kier alpha value is -3.62. The van der Waals surface area contributed by atoms with Crippen LogP contribution in [0.1, 0.15) is 17.8 Å². The lowest BCUT2D eigenvalue weighted by Gasteiger charge is -2.10. The van der Waals surface area contributed by atoms with E-state index in [1.54, 1.807) is 12.3 Å². The fourth-order valence-corrected chi connectivity index (χ4v) is 3.45. The van der Waals surface area contributed by atoms with E-state index in [9.17, 15) is 13.2 Å². The molecule has 1 amide bonds. The highest BCUT2D eigenvalue weighted by atomic mass is 32.2. The van der Waals surface area contributed by atoms with Gasteiger partial charge >= 0.3 is 0 Å². The van der Waals surface area contributed by atoms with E-state index in [4.69, 9.17) is 5.14 Å². The van der Waals surface area contributed by atoms with E-state index in [-0.39, 0.29) is 18.2 Å². The van der Waals surface area contributed by atoms with Gasteiger partial charge in [0.15, 0.2) is 0 Å². The van der Waals surface area contributed by atoms with Crippen LogP contribution in [-0.4, -0.2) is 24.3 Å². The summed E-state index contributed by atoms with van der Waals surface area (Å²) in [6.07, 6.45) is 1.67. The maximum absolute atomic E-state index is 13.0. The summed E-state index contributed by atoms with van der Waals surface area (Å²) in [6.45, 7) is 0. The van der Waals surface area contributed by atoms with E-state index in [1.165, 1.54) is 24.3 Å². The van der Waals surface area contributed by atoms with Gasteiger partial charge in [-0.15, -0.1) is 0 Å². The fourth-order valence-electron chi connectivity index (χ4n) is 2.94. The van der Waals surface area contributed by atoms with Gasteiger partial charge in [0.2, 0.25) is 10.0 Å². The minimum absolute atomic E-state index is 0. The molecule has 2 heterocycles. The van der Waals surface area contributed by atoms with Gasteiger partial charge in [0.05, 0.1) is 27.4 Å². The number of carbonyl (C=O) groups excluding carboxylic acids is 1. The second kappa shape index (κ2) is 8.40. The number of sulfonamides is 1. The van der Waals surface area contributed by atoms with Crippen LogP contribution in [-0.2, 0) is 10.0 Å². The molecule has 0 aliphatic heterocycles. The van der Waals surface area contributed by atoms with Crippen LogP contribution in [0.2, 0.25) is 0 Å². The third-order valence-electron chi connectivity index (χ3n) is 4.33. The number of hydrogen-bond acceptors (Lipinski definition) is 5. The van der Waals surface area contributed by atoms with Gasteiger partial charge in [-0.2, -0.15) is 0 Å². The number of carbonyl (C=O) groups is 1. The van der Waals surface area contributed by atoms with Crippen molar-refractivity contribution in [3.8, 4) is 11.4 Å². The summed E-state index contributed by atoms with van der Waals surface area (Å²) >= 11 is 0. The van der Waals surface area contributed by atoms with Gasteiger partial charge in [0, 0.05) is 17.3 Å². The van der Waals surface area contributed by atoms with Gasteiger partial charge < -0.3 is 5.32 Å². The monoisotopic (exact) mass is 420 g/mol. The molecule has 0 saturated heterocycles. The minimum Gasteiger partial charge on any atom is -0.322 e. The predicted octanol–water partition coefficient (Wildman–Crippen LogP) is 3.83. The first-order valence-electron chi connectivity index (χ1n) is 8.67. The van der Waals surface area contributed by atoms with Crippen LogP contribution in [0.15, 0.2) is 83.9 Å². The van der Waals surface area contributed by atoms with Gasteiger partial charge in [-0.1, -0.05) is 31.7 Å². The van der Waals surface area contributed by atoms with Crippen LogP contribution in [0.25, 0.3) is 22.3 Å². The number of benzene rings is 2. The number of primary sulfonamides is 1. The summed E-state index contributed by atoms with van der Waals surface area (Å²) in [7, 11) is -3.79. The van der Waals surface area contributed by atoms with Crippen LogP contribution in [0.3, 0.4) is 0 Å². The molecule has 0 radical (unpaired) electrons. The van der Waals surface area contributed by atoms with E-state index < -0.39 is 10.0 Å². The van der Waals surface area contributed by atoms with Crippen LogP contribution in [0.5, 0.6) is 0 Å². The van der Waals surface area contributed by atoms with Crippen LogP contribution >= 0.6 is 0 Å². The fraction of sp³-hybridized carbons (Fsp3) is 0.0455. The largest absolute Gasteiger partial charge is 0.322 e. The van der Waals surface area contributed by atoms with E-state index in [2.05, 4.69) is 15.3 Å². The number of pyridine rings is 2. The molecule has 0 unspecified atom stereocenters. The molecule has 2 aromatic carbocycles. The van der Waals surface area contributed by atoms with Gasteiger partial charge in [-0.05, 0) is 48.5 Å². The summed E-state index contributed by atoms with van der Waals surface area (Å²) in [5, 5.41) is 8.59. The van der Waals surface area contributed by atoms with Crippen molar-refractivity contribution in [1.29, 1.82) is 0 Å². The van der Waals surface area contributed by atoms with Gasteiger partial charge in [0.1, 0.15) is 0 Å². The molecular formula is C22H20N4O3S. The molecule has 4 aromatic rings. The lowest BCUT2D eigenvalue weighted by atomic mass is 10.1. The van der Waals surface area contributed by atoms with E-state index in [1.807, 2.05) is 42.5 Å². The quantitative estimate of drug-likeness (QED) is 0.521. The highest BCUT2D eigenvalue weighted by Crippen LogP contribution is 2.24. The topological polar surface area (TPSA) is 115 Å². The van der Waals surface area contributed by atoms with Crippen molar-refractivity contribution in [2.45, 2.75) is 12.3 Å². The summed E-state index contributed by atoms with van der Waals surface area (Å²) in [5.74, 6) is -0.343. The first-order chi connectivity index (χ1) is 13.9. The Morgan fingerprint density at radius 1 is 0.900 bits per heavy atom. The summed E-state index contributed by atoms with van der Waals surface area (Å²) in [5.41, 5.74) is 2.80. The van der Waals surface area contributed by atoms with Gasteiger partial charge in [0.25, 0.3) is 5.91 Å². The Labute approximate surface area is 174 Å². The third-order valence-corrected chi connectivity index (χ3v) is 5.26. The molecule has 8 heteroatoms. The highest BCUT2D eigenvalue weighted by molar-refractivity contribution is 7.89. The molecule has 4 rings (SSSR count). The molecule has 0 fully saturated rings. The first-order valence-corrected chi connectivity index (χ1v) is 10.2. The Morgan fingerprint density at radius 2 is 1.60 bits per heavy atom. The van der Waals surface area contributed by atoms with Crippen molar-refractivity contribution in [2.24, 2.45) is 5.14 Å². The molecule has 2 aromatic heterocycles. The van der Waals surface area contributed by atoms with Crippen molar-refractivity contribution >= 4 is 32.5 Å². The van der Waals surface area contributed by atoms with Crippen molar-refractivity contribution in [3.63, 3.8) is 0 Å². The van der Waals surface area contributed by atoms with E-state index in [0.717, 1.165) is 0 Å². The predicted molar refractivity (Wildman–Crippen MR) is 117 cm³/mol. The molecule has 7 nitrogen and oxygen atoms in total. The number of para-hydroxylation sites is 1. The standard InChI is InChI=1S/C21H16N4O3S.CH4/c22-29(27,28)15-10-8-14(9-11-15)24-21(26)17-13-20(19-7-3-4-12-23-19)25-18-6-2-1-5-16(17)18;/h1-13H,(H,24,26)(H2,22,27,28);1H4. The average molecular weight is 420 g/mol. The zero-order valence-electron chi connectivity index (χ0n) is 15.1. The average Bonchev–Trinajstić information content (AvgIpc) is 2.73. The Balaban J connectivity index is 0.00000256. The van der Waals surface area contributed by atoms with E-state index in [0.29, 0.717) is 33.5 Å². The minimum atomic E-state index is -3.79. The van der Waals surface area contributed by atoms with E-state index >= 15 is 0 Å². The number of hydrogen-bond donors (Lipinski definition) is 2. The summed E-state index contributed by atoms with van der Waals surface area (Å²) < 4.78 is 22.8. The van der Waals surface area contributed by atoms with Crippen LogP contribution < -0.4 is 10.5 Å². The van der Waals surface area contributed by atoms with Gasteiger partial charge in [-0.3, -0.25) is 9.78 Å². The van der Waals surface area contributed by atoms with Crippen LogP contribution in [0.4, 0.5) is 5.69 Å². The van der Waals surface area contributed by atoms with Gasteiger partial charge in [-0.25, -0.2) is 18.5 Å². The smallest absolute Gasteiger partial charge is 0.256 e. The molecule has 0 atom stereocenters. The molecule has 152 valence electrons. The molecule has 0 aliphatic rings. The SMILES string of the molecule is C.NS(=O)(=O)c1ccc(NC(=O)c2cc(-c3ccccn3)nc3ccccc23)cc1. The summed E-state index contributed by atoms with van der Waals surface area (Å²) in [6, 6.07) is 20.2. The number of nitrogens with two attached hydrogens (primary N) is 1. The number of nitrogens with one attached hydrogen (secondary N) is 1. The number of amides is 1. The second-order valence-electron chi connectivity index (χ2n) is 6.31. The summed E-state index contributed by atoms with van der Waals surface area (Å²) in [4.78, 5) is 21.9. The number of rotatable bonds is 4. The number of anilines is 1. The van der Waals surface area contributed by atoms with Crippen molar-refractivity contribution in [1.82, 2.24) is 9.97 Å². The van der Waals surface area contributed by atoms with Crippen molar-refractivity contribution in [2.75, 3.05) is 5.32 Å². The number of nitrogens with zero attached hydrogens (tertiary/aromatic N) is 2. The lowest BCUT2D eigenvalue weighted by Crippen LogP contribution is -2.14. The molecular weight excluding hydrogens is 400 g/mol. The third kappa shape index (κ3) is 4.35. The lowest BCUT2D eigenvalue weighted by molar-refractivity contribution is 0.102. The molecule has 0 bridgehead atoms. The molecule has 30 heavy (non-hydrogen) atoms.